The Kier molecular flexibility index (Phi) is 2.77. The standard InChI is InChI=1S/C13H7F2IN2/c14-9-5-11-12(6-10(9)15)18-13(17-11)7-1-3-8(16)4-2-7/h1-6H,(H,17,18). The summed E-state index contributed by atoms with van der Waals surface area (Å²) in [6, 6.07) is 9.93. The van der Waals surface area contributed by atoms with Crippen LogP contribution in [0.15, 0.2) is 36.4 Å². The molecule has 2 aromatic carbocycles. The number of halogens is 3. The average Bonchev–Trinajstić information content (AvgIpc) is 2.73. The number of hydrogen-bond acceptors (Lipinski definition) is 1. The van der Waals surface area contributed by atoms with Crippen LogP contribution < -0.4 is 0 Å². The van der Waals surface area contributed by atoms with Crippen LogP contribution in [0.5, 0.6) is 0 Å². The number of fused-ring (bicyclic) bond motifs is 1. The fraction of sp³-hybridized carbons (Fsp3) is 0. The van der Waals surface area contributed by atoms with Gasteiger partial charge in [-0.05, 0) is 34.7 Å². The summed E-state index contributed by atoms with van der Waals surface area (Å²) in [5.41, 5.74) is 1.79. The molecule has 3 rings (SSSR count). The molecule has 0 amide bonds. The van der Waals surface area contributed by atoms with Gasteiger partial charge in [0.15, 0.2) is 11.6 Å². The Morgan fingerprint density at radius 1 is 1.00 bits per heavy atom. The number of aromatic amines is 1. The molecule has 1 aromatic heterocycles. The van der Waals surface area contributed by atoms with Crippen LogP contribution in [-0.4, -0.2) is 9.97 Å². The number of aromatic nitrogens is 2. The molecular weight excluding hydrogens is 349 g/mol. The second-order valence-corrected chi connectivity index (χ2v) is 5.12. The lowest BCUT2D eigenvalue weighted by molar-refractivity contribution is 0.510. The average molecular weight is 356 g/mol. The summed E-state index contributed by atoms with van der Waals surface area (Å²) >= 11 is 2.21. The second-order valence-electron chi connectivity index (χ2n) is 3.88. The first-order chi connectivity index (χ1) is 8.63. The molecule has 0 fully saturated rings. The smallest absolute Gasteiger partial charge is 0.161 e. The monoisotopic (exact) mass is 356 g/mol. The minimum Gasteiger partial charge on any atom is -0.338 e. The number of nitrogens with zero attached hydrogens (tertiary/aromatic N) is 1. The van der Waals surface area contributed by atoms with Crippen LogP contribution in [0.1, 0.15) is 0 Å². The van der Waals surface area contributed by atoms with Crippen LogP contribution in [0.2, 0.25) is 0 Å². The van der Waals surface area contributed by atoms with Crippen LogP contribution in [0, 0.1) is 15.2 Å². The maximum Gasteiger partial charge on any atom is 0.161 e. The molecule has 5 heteroatoms. The van der Waals surface area contributed by atoms with Gasteiger partial charge >= 0.3 is 0 Å². The highest BCUT2D eigenvalue weighted by Crippen LogP contribution is 2.22. The lowest BCUT2D eigenvalue weighted by atomic mass is 10.2. The van der Waals surface area contributed by atoms with Crippen molar-refractivity contribution in [3.8, 4) is 11.4 Å². The Bertz CT molecular complexity index is 681. The molecule has 0 spiro atoms. The zero-order valence-corrected chi connectivity index (χ0v) is 11.2. The number of rotatable bonds is 1. The van der Waals surface area contributed by atoms with E-state index in [0.717, 1.165) is 21.3 Å². The van der Waals surface area contributed by atoms with E-state index in [9.17, 15) is 8.78 Å². The van der Waals surface area contributed by atoms with E-state index >= 15 is 0 Å². The predicted octanol–water partition coefficient (Wildman–Crippen LogP) is 4.11. The number of H-pyrrole nitrogens is 1. The van der Waals surface area contributed by atoms with Crippen molar-refractivity contribution in [2.75, 3.05) is 0 Å². The highest BCUT2D eigenvalue weighted by Gasteiger charge is 2.09. The number of nitrogens with one attached hydrogen (secondary N) is 1. The van der Waals surface area contributed by atoms with Gasteiger partial charge in [-0.2, -0.15) is 0 Å². The number of imidazole rings is 1. The van der Waals surface area contributed by atoms with Gasteiger partial charge in [0, 0.05) is 21.3 Å². The van der Waals surface area contributed by atoms with Crippen molar-refractivity contribution in [3.05, 3.63) is 51.6 Å². The number of benzene rings is 2. The molecular formula is C13H7F2IN2. The summed E-state index contributed by atoms with van der Waals surface area (Å²) in [7, 11) is 0. The van der Waals surface area contributed by atoms with Crippen molar-refractivity contribution in [2.24, 2.45) is 0 Å². The molecule has 90 valence electrons. The molecule has 3 aromatic rings. The molecule has 1 N–H and O–H groups in total. The maximum atomic E-state index is 13.1. The van der Waals surface area contributed by atoms with Gasteiger partial charge in [0.25, 0.3) is 0 Å². The van der Waals surface area contributed by atoms with Crippen molar-refractivity contribution in [2.45, 2.75) is 0 Å². The van der Waals surface area contributed by atoms with E-state index in [0.29, 0.717) is 16.9 Å². The highest BCUT2D eigenvalue weighted by molar-refractivity contribution is 14.1. The van der Waals surface area contributed by atoms with Gasteiger partial charge in [0.1, 0.15) is 5.82 Å². The first-order valence-corrected chi connectivity index (χ1v) is 6.32. The van der Waals surface area contributed by atoms with Gasteiger partial charge in [-0.3, -0.25) is 0 Å². The van der Waals surface area contributed by atoms with Crippen LogP contribution >= 0.6 is 22.6 Å². The molecule has 18 heavy (non-hydrogen) atoms. The quantitative estimate of drug-likeness (QED) is 0.653. The third kappa shape index (κ3) is 1.98. The summed E-state index contributed by atoms with van der Waals surface area (Å²) < 4.78 is 27.3. The lowest BCUT2D eigenvalue weighted by Gasteiger charge is -1.95. The van der Waals surface area contributed by atoms with Crippen molar-refractivity contribution in [1.82, 2.24) is 9.97 Å². The molecule has 0 aliphatic carbocycles. The Hall–Kier alpha value is -1.50. The Balaban J connectivity index is 2.16. The van der Waals surface area contributed by atoms with E-state index < -0.39 is 11.6 Å². The van der Waals surface area contributed by atoms with Gasteiger partial charge in [0.2, 0.25) is 0 Å². The molecule has 1 heterocycles. The summed E-state index contributed by atoms with van der Waals surface area (Å²) in [5, 5.41) is 0. The first-order valence-electron chi connectivity index (χ1n) is 5.24. The minimum absolute atomic E-state index is 0.419. The van der Waals surface area contributed by atoms with Gasteiger partial charge in [-0.1, -0.05) is 12.1 Å². The topological polar surface area (TPSA) is 28.7 Å². The third-order valence-electron chi connectivity index (χ3n) is 2.64. The fourth-order valence-corrected chi connectivity index (χ4v) is 2.11. The molecule has 0 saturated carbocycles. The van der Waals surface area contributed by atoms with Gasteiger partial charge in [-0.25, -0.2) is 13.8 Å². The summed E-state index contributed by atoms with van der Waals surface area (Å²) in [6.45, 7) is 0. The van der Waals surface area contributed by atoms with E-state index in [4.69, 9.17) is 0 Å². The van der Waals surface area contributed by atoms with Crippen LogP contribution in [0.25, 0.3) is 22.4 Å². The van der Waals surface area contributed by atoms with E-state index in [2.05, 4.69) is 32.6 Å². The lowest BCUT2D eigenvalue weighted by Crippen LogP contribution is -1.82. The summed E-state index contributed by atoms with van der Waals surface area (Å²) in [4.78, 5) is 7.23. The zero-order valence-electron chi connectivity index (χ0n) is 9.05. The molecule has 0 saturated heterocycles. The second kappa shape index (κ2) is 4.31. The Morgan fingerprint density at radius 2 is 1.67 bits per heavy atom. The first kappa shape index (κ1) is 11.6. The minimum atomic E-state index is -0.886. The van der Waals surface area contributed by atoms with Crippen molar-refractivity contribution in [1.29, 1.82) is 0 Å². The zero-order chi connectivity index (χ0) is 12.7. The predicted molar refractivity (Wildman–Crippen MR) is 74.2 cm³/mol. The fourth-order valence-electron chi connectivity index (χ4n) is 1.75. The van der Waals surface area contributed by atoms with Gasteiger partial charge in [0.05, 0.1) is 11.0 Å². The largest absolute Gasteiger partial charge is 0.338 e. The number of hydrogen-bond donors (Lipinski definition) is 1. The highest BCUT2D eigenvalue weighted by atomic mass is 127. The Morgan fingerprint density at radius 3 is 2.39 bits per heavy atom. The third-order valence-corrected chi connectivity index (χ3v) is 3.36. The molecule has 0 atom stereocenters. The molecule has 0 aliphatic rings. The summed E-state index contributed by atoms with van der Waals surface area (Å²) in [6.07, 6.45) is 0. The van der Waals surface area contributed by atoms with Crippen molar-refractivity contribution in [3.63, 3.8) is 0 Å². The van der Waals surface area contributed by atoms with Gasteiger partial charge < -0.3 is 4.98 Å². The molecule has 0 unspecified atom stereocenters. The van der Waals surface area contributed by atoms with E-state index in [1.165, 1.54) is 0 Å². The molecule has 0 bridgehead atoms. The van der Waals surface area contributed by atoms with Crippen molar-refractivity contribution < 1.29 is 8.78 Å². The van der Waals surface area contributed by atoms with Crippen LogP contribution in [-0.2, 0) is 0 Å². The van der Waals surface area contributed by atoms with E-state index in [1.807, 2.05) is 24.3 Å². The van der Waals surface area contributed by atoms with Crippen molar-refractivity contribution >= 4 is 33.6 Å². The van der Waals surface area contributed by atoms with Gasteiger partial charge in [-0.15, -0.1) is 0 Å². The SMILES string of the molecule is Fc1cc2nc(-c3ccc(I)cc3)[nH]c2cc1F. The molecule has 2 nitrogen and oxygen atoms in total. The Labute approximate surface area is 115 Å². The summed E-state index contributed by atoms with van der Waals surface area (Å²) in [5.74, 6) is -1.16. The van der Waals surface area contributed by atoms with Crippen LogP contribution in [0.4, 0.5) is 8.78 Å². The van der Waals surface area contributed by atoms with Crippen LogP contribution in [0.3, 0.4) is 0 Å². The maximum absolute atomic E-state index is 13.1. The normalized spacial score (nSPS) is 11.1. The van der Waals surface area contributed by atoms with E-state index in [-0.39, 0.29) is 0 Å². The molecule has 0 aliphatic heterocycles. The molecule has 0 radical (unpaired) electrons. The van der Waals surface area contributed by atoms with E-state index in [1.54, 1.807) is 0 Å².